The van der Waals surface area contributed by atoms with Crippen LogP contribution in [-0.4, -0.2) is 39.0 Å². The van der Waals surface area contributed by atoms with E-state index in [4.69, 9.17) is 10.1 Å². The van der Waals surface area contributed by atoms with Crippen LogP contribution in [0.1, 0.15) is 10.4 Å². The number of fused-ring (bicyclic) bond motifs is 1. The minimum atomic E-state index is 0.646. The Labute approximate surface area is 135 Å². The molecule has 22 heavy (non-hydrogen) atoms. The van der Waals surface area contributed by atoms with Crippen molar-refractivity contribution >= 4 is 22.7 Å². The second-order valence-electron chi connectivity index (χ2n) is 5.37. The van der Waals surface area contributed by atoms with Gasteiger partial charge in [-0.2, -0.15) is 0 Å². The van der Waals surface area contributed by atoms with Gasteiger partial charge in [-0.25, -0.2) is 0 Å². The molecule has 1 aromatic heterocycles. The third kappa shape index (κ3) is 3.31. The van der Waals surface area contributed by atoms with Gasteiger partial charge < -0.3 is 20.4 Å². The fraction of sp³-hybridized carbons (Fsp3) is 0.353. The minimum Gasteiger partial charge on any atom is -0.490 e. The maximum absolute atomic E-state index is 8.21. The molecule has 0 unspecified atom stereocenters. The Balaban J connectivity index is 1.74. The molecule has 0 saturated carbocycles. The van der Waals surface area contributed by atoms with Gasteiger partial charge in [0.15, 0.2) is 0 Å². The number of nitrogens with zero attached hydrogens (tertiary/aromatic N) is 1. The molecular formula is C17H21N3OS. The molecule has 0 bridgehead atoms. The lowest BCUT2D eigenvalue weighted by Gasteiger charge is -2.31. The number of ether oxygens (including phenoxy) is 1. The van der Waals surface area contributed by atoms with Crippen LogP contribution in [0.25, 0.3) is 0 Å². The molecule has 116 valence electrons. The molecule has 0 fully saturated rings. The van der Waals surface area contributed by atoms with E-state index in [-0.39, 0.29) is 0 Å². The van der Waals surface area contributed by atoms with Crippen molar-refractivity contribution in [1.29, 1.82) is 5.41 Å². The van der Waals surface area contributed by atoms with E-state index in [9.17, 15) is 0 Å². The monoisotopic (exact) mass is 315 g/mol. The van der Waals surface area contributed by atoms with Gasteiger partial charge in [0.1, 0.15) is 12.4 Å². The molecule has 1 aromatic carbocycles. The maximum Gasteiger partial charge on any atom is 0.142 e. The number of hydrogen-bond donors (Lipinski definition) is 2. The van der Waals surface area contributed by atoms with Crippen LogP contribution < -0.4 is 15.0 Å². The smallest absolute Gasteiger partial charge is 0.142 e. The SMILES string of the molecule is CNCCN1CCOc2cc(CC(=N)c3cccs3)ccc21. The first kappa shape index (κ1) is 15.1. The second kappa shape index (κ2) is 6.94. The molecule has 5 heteroatoms. The number of thiophene rings is 1. The average molecular weight is 315 g/mol. The zero-order chi connectivity index (χ0) is 15.4. The van der Waals surface area contributed by atoms with Gasteiger partial charge in [0, 0.05) is 24.4 Å². The summed E-state index contributed by atoms with van der Waals surface area (Å²) in [4.78, 5) is 3.39. The summed E-state index contributed by atoms with van der Waals surface area (Å²) in [6, 6.07) is 10.3. The van der Waals surface area contributed by atoms with Crippen LogP contribution in [0.5, 0.6) is 5.75 Å². The lowest BCUT2D eigenvalue weighted by Crippen LogP contribution is -2.37. The van der Waals surface area contributed by atoms with E-state index < -0.39 is 0 Å². The summed E-state index contributed by atoms with van der Waals surface area (Å²) < 4.78 is 5.82. The summed E-state index contributed by atoms with van der Waals surface area (Å²) in [7, 11) is 1.97. The van der Waals surface area contributed by atoms with Crippen molar-refractivity contribution < 1.29 is 4.74 Å². The van der Waals surface area contributed by atoms with Crippen molar-refractivity contribution in [3.63, 3.8) is 0 Å². The van der Waals surface area contributed by atoms with Crippen LogP contribution in [0.3, 0.4) is 0 Å². The van der Waals surface area contributed by atoms with Gasteiger partial charge in [0.2, 0.25) is 0 Å². The Morgan fingerprint density at radius 1 is 1.41 bits per heavy atom. The Morgan fingerprint density at radius 2 is 2.32 bits per heavy atom. The van der Waals surface area contributed by atoms with Crippen LogP contribution >= 0.6 is 11.3 Å². The highest BCUT2D eigenvalue weighted by Crippen LogP contribution is 2.32. The number of anilines is 1. The molecule has 3 rings (SSSR count). The molecule has 4 nitrogen and oxygen atoms in total. The molecule has 0 atom stereocenters. The van der Waals surface area contributed by atoms with Gasteiger partial charge in [0.05, 0.1) is 17.9 Å². The number of benzene rings is 1. The maximum atomic E-state index is 8.21. The highest BCUT2D eigenvalue weighted by Gasteiger charge is 2.18. The van der Waals surface area contributed by atoms with E-state index in [0.717, 1.165) is 48.1 Å². The fourth-order valence-electron chi connectivity index (χ4n) is 2.65. The summed E-state index contributed by atoms with van der Waals surface area (Å²) >= 11 is 1.62. The predicted octanol–water partition coefficient (Wildman–Crippen LogP) is 2.78. The van der Waals surface area contributed by atoms with Crippen LogP contribution in [0.2, 0.25) is 0 Å². The van der Waals surface area contributed by atoms with Crippen LogP contribution in [-0.2, 0) is 6.42 Å². The number of likely N-dealkylation sites (N-methyl/N-ethyl adjacent to an activating group) is 1. The number of nitrogens with one attached hydrogen (secondary N) is 2. The molecule has 2 heterocycles. The Hall–Kier alpha value is -1.85. The van der Waals surface area contributed by atoms with Crippen molar-refractivity contribution in [2.24, 2.45) is 0 Å². The Bertz CT molecular complexity index is 639. The van der Waals surface area contributed by atoms with Gasteiger partial charge in [-0.05, 0) is 36.2 Å². The van der Waals surface area contributed by atoms with E-state index in [1.54, 1.807) is 11.3 Å². The van der Waals surface area contributed by atoms with E-state index in [2.05, 4.69) is 28.4 Å². The van der Waals surface area contributed by atoms with E-state index in [1.807, 2.05) is 24.6 Å². The lowest BCUT2D eigenvalue weighted by molar-refractivity contribution is 0.307. The van der Waals surface area contributed by atoms with E-state index >= 15 is 0 Å². The van der Waals surface area contributed by atoms with Crippen molar-refractivity contribution in [2.75, 3.05) is 38.2 Å². The standard InChI is InChI=1S/C17H21N3OS/c1-19-6-7-20-8-9-21-16-12-13(4-5-15(16)20)11-14(18)17-3-2-10-22-17/h2-5,10,12,18-19H,6-9,11H2,1H3. The molecule has 0 amide bonds. The first-order valence-electron chi connectivity index (χ1n) is 7.54. The summed E-state index contributed by atoms with van der Waals surface area (Å²) in [5.41, 5.74) is 2.96. The molecule has 0 radical (unpaired) electrons. The summed E-state index contributed by atoms with van der Waals surface area (Å²) in [6.45, 7) is 3.60. The topological polar surface area (TPSA) is 48.4 Å². The molecule has 0 aliphatic carbocycles. The molecule has 2 aromatic rings. The van der Waals surface area contributed by atoms with Crippen molar-refractivity contribution in [1.82, 2.24) is 5.32 Å². The van der Waals surface area contributed by atoms with Crippen LogP contribution in [0.15, 0.2) is 35.7 Å². The van der Waals surface area contributed by atoms with Crippen LogP contribution in [0, 0.1) is 5.41 Å². The predicted molar refractivity (Wildman–Crippen MR) is 92.9 cm³/mol. The zero-order valence-corrected chi connectivity index (χ0v) is 13.6. The van der Waals surface area contributed by atoms with Crippen molar-refractivity contribution in [2.45, 2.75) is 6.42 Å². The van der Waals surface area contributed by atoms with Gasteiger partial charge in [-0.15, -0.1) is 11.3 Å². The Morgan fingerprint density at radius 3 is 3.09 bits per heavy atom. The highest BCUT2D eigenvalue weighted by atomic mass is 32.1. The molecule has 0 spiro atoms. The fourth-order valence-corrected chi connectivity index (χ4v) is 3.33. The molecule has 1 aliphatic heterocycles. The summed E-state index contributed by atoms with van der Waals surface area (Å²) in [5.74, 6) is 0.943. The normalized spacial score (nSPS) is 13.6. The molecular weight excluding hydrogens is 294 g/mol. The van der Waals surface area contributed by atoms with Crippen molar-refractivity contribution in [3.05, 3.63) is 46.2 Å². The van der Waals surface area contributed by atoms with Gasteiger partial charge >= 0.3 is 0 Å². The van der Waals surface area contributed by atoms with E-state index in [0.29, 0.717) is 12.1 Å². The van der Waals surface area contributed by atoms with Crippen molar-refractivity contribution in [3.8, 4) is 5.75 Å². The highest BCUT2D eigenvalue weighted by molar-refractivity contribution is 7.12. The molecule has 1 aliphatic rings. The minimum absolute atomic E-state index is 0.646. The van der Waals surface area contributed by atoms with Gasteiger partial charge in [0.25, 0.3) is 0 Å². The third-order valence-corrected chi connectivity index (χ3v) is 4.74. The average Bonchev–Trinajstić information content (AvgIpc) is 3.07. The lowest BCUT2D eigenvalue weighted by atomic mass is 10.1. The van der Waals surface area contributed by atoms with Gasteiger partial charge in [-0.3, -0.25) is 0 Å². The third-order valence-electron chi connectivity index (χ3n) is 3.81. The zero-order valence-electron chi connectivity index (χ0n) is 12.8. The molecule has 0 saturated heterocycles. The van der Waals surface area contributed by atoms with Crippen LogP contribution in [0.4, 0.5) is 5.69 Å². The number of rotatable bonds is 6. The number of hydrogen-bond acceptors (Lipinski definition) is 5. The largest absolute Gasteiger partial charge is 0.490 e. The Kier molecular flexibility index (Phi) is 4.75. The summed E-state index contributed by atoms with van der Waals surface area (Å²) in [6.07, 6.45) is 0.646. The first-order chi connectivity index (χ1) is 10.8. The van der Waals surface area contributed by atoms with Gasteiger partial charge in [-0.1, -0.05) is 12.1 Å². The van der Waals surface area contributed by atoms with E-state index in [1.165, 1.54) is 0 Å². The second-order valence-corrected chi connectivity index (χ2v) is 6.32. The molecule has 2 N–H and O–H groups in total. The quantitative estimate of drug-likeness (QED) is 0.806. The first-order valence-corrected chi connectivity index (χ1v) is 8.42. The summed E-state index contributed by atoms with van der Waals surface area (Å²) in [5, 5.41) is 13.4.